The van der Waals surface area contributed by atoms with Crippen LogP contribution in [0.15, 0.2) is 47.1 Å². The maximum atomic E-state index is 11.7. The van der Waals surface area contributed by atoms with Crippen LogP contribution in [0.25, 0.3) is 0 Å². The van der Waals surface area contributed by atoms with Crippen LogP contribution < -0.4 is 5.32 Å². The van der Waals surface area contributed by atoms with Gasteiger partial charge in [0.1, 0.15) is 0 Å². The van der Waals surface area contributed by atoms with Crippen LogP contribution >= 0.6 is 0 Å². The summed E-state index contributed by atoms with van der Waals surface area (Å²) in [6.45, 7) is 1.88. The van der Waals surface area contributed by atoms with Crippen molar-refractivity contribution in [2.75, 3.05) is 6.54 Å². The number of carbonyl (C=O) groups excluding carboxylic acids is 2. The maximum absolute atomic E-state index is 11.7. The summed E-state index contributed by atoms with van der Waals surface area (Å²) < 4.78 is 4.95. The standard InChI is InChI=1S/C14H13NO3/c1-10-4-6-11(7-5-10)14(17)15-9-12(16)13-3-2-8-18-13/h2-8H,9H2,1H3,(H,15,17). The number of rotatable bonds is 4. The molecule has 0 saturated heterocycles. The van der Waals surface area contributed by atoms with Crippen LogP contribution in [-0.2, 0) is 0 Å². The van der Waals surface area contributed by atoms with E-state index in [1.165, 1.54) is 6.26 Å². The number of aryl methyl sites for hydroxylation is 1. The lowest BCUT2D eigenvalue weighted by Crippen LogP contribution is -2.29. The number of ketones is 1. The zero-order valence-electron chi connectivity index (χ0n) is 9.97. The fourth-order valence-corrected chi connectivity index (χ4v) is 1.49. The van der Waals surface area contributed by atoms with E-state index in [0.717, 1.165) is 5.56 Å². The Morgan fingerprint density at radius 2 is 1.89 bits per heavy atom. The van der Waals surface area contributed by atoms with Crippen molar-refractivity contribution in [3.63, 3.8) is 0 Å². The molecule has 2 aromatic rings. The molecule has 1 aromatic carbocycles. The Morgan fingerprint density at radius 1 is 1.17 bits per heavy atom. The molecule has 18 heavy (non-hydrogen) atoms. The Hall–Kier alpha value is -2.36. The molecule has 4 nitrogen and oxygen atoms in total. The third kappa shape index (κ3) is 2.85. The van der Waals surface area contributed by atoms with Crippen LogP contribution in [0.3, 0.4) is 0 Å². The number of Topliss-reactive ketones (excluding diaryl/α,β-unsaturated/α-hetero) is 1. The molecule has 0 unspecified atom stereocenters. The Kier molecular flexibility index (Phi) is 3.57. The van der Waals surface area contributed by atoms with Crippen molar-refractivity contribution in [3.8, 4) is 0 Å². The first kappa shape index (κ1) is 12.1. The van der Waals surface area contributed by atoms with E-state index in [-0.39, 0.29) is 24.0 Å². The highest BCUT2D eigenvalue weighted by Gasteiger charge is 2.11. The van der Waals surface area contributed by atoms with Crippen molar-refractivity contribution < 1.29 is 14.0 Å². The van der Waals surface area contributed by atoms with Crippen LogP contribution in [-0.4, -0.2) is 18.2 Å². The average Bonchev–Trinajstić information content (AvgIpc) is 2.90. The molecule has 0 spiro atoms. The summed E-state index contributed by atoms with van der Waals surface area (Å²) in [5, 5.41) is 2.56. The van der Waals surface area contributed by atoms with Gasteiger partial charge in [0, 0.05) is 5.56 Å². The first-order valence-electron chi connectivity index (χ1n) is 5.58. The summed E-state index contributed by atoms with van der Waals surface area (Å²) in [6.07, 6.45) is 1.43. The molecule has 4 heteroatoms. The van der Waals surface area contributed by atoms with Gasteiger partial charge in [-0.25, -0.2) is 0 Å². The predicted molar refractivity (Wildman–Crippen MR) is 66.6 cm³/mol. The van der Waals surface area contributed by atoms with Gasteiger partial charge in [-0.3, -0.25) is 9.59 Å². The normalized spacial score (nSPS) is 10.1. The molecule has 0 aliphatic carbocycles. The van der Waals surface area contributed by atoms with Gasteiger partial charge in [0.15, 0.2) is 5.76 Å². The molecule has 0 aliphatic heterocycles. The van der Waals surface area contributed by atoms with Gasteiger partial charge in [0.2, 0.25) is 5.78 Å². The largest absolute Gasteiger partial charge is 0.461 e. The van der Waals surface area contributed by atoms with Crippen molar-refractivity contribution in [3.05, 3.63) is 59.5 Å². The number of benzene rings is 1. The van der Waals surface area contributed by atoms with Gasteiger partial charge in [0.25, 0.3) is 5.91 Å². The fraction of sp³-hybridized carbons (Fsp3) is 0.143. The van der Waals surface area contributed by atoms with Gasteiger partial charge in [-0.15, -0.1) is 0 Å². The van der Waals surface area contributed by atoms with E-state index >= 15 is 0 Å². The molecular weight excluding hydrogens is 230 g/mol. The highest BCUT2D eigenvalue weighted by Crippen LogP contribution is 2.03. The second-order valence-corrected chi connectivity index (χ2v) is 3.95. The molecule has 0 saturated carbocycles. The smallest absolute Gasteiger partial charge is 0.251 e. The van der Waals surface area contributed by atoms with Crippen LogP contribution in [0.1, 0.15) is 26.5 Å². The molecular formula is C14H13NO3. The average molecular weight is 243 g/mol. The van der Waals surface area contributed by atoms with E-state index in [2.05, 4.69) is 5.32 Å². The number of amides is 1. The summed E-state index contributed by atoms with van der Waals surface area (Å²) in [6, 6.07) is 10.4. The summed E-state index contributed by atoms with van der Waals surface area (Å²) in [4.78, 5) is 23.3. The van der Waals surface area contributed by atoms with Crippen molar-refractivity contribution in [1.29, 1.82) is 0 Å². The molecule has 0 bridgehead atoms. The number of hydrogen-bond donors (Lipinski definition) is 1. The minimum absolute atomic E-state index is 0.0692. The summed E-state index contributed by atoms with van der Waals surface area (Å²) in [5.41, 5.74) is 1.62. The zero-order chi connectivity index (χ0) is 13.0. The van der Waals surface area contributed by atoms with Gasteiger partial charge in [-0.1, -0.05) is 17.7 Å². The Morgan fingerprint density at radius 3 is 2.50 bits per heavy atom. The third-order valence-electron chi connectivity index (χ3n) is 2.52. The van der Waals surface area contributed by atoms with Gasteiger partial charge >= 0.3 is 0 Å². The molecule has 92 valence electrons. The van der Waals surface area contributed by atoms with Gasteiger partial charge in [-0.05, 0) is 31.2 Å². The number of carbonyl (C=O) groups is 2. The van der Waals surface area contributed by atoms with E-state index in [1.54, 1.807) is 24.3 Å². The Balaban J connectivity index is 1.92. The quantitative estimate of drug-likeness (QED) is 0.837. The first-order chi connectivity index (χ1) is 8.66. The molecule has 0 aliphatic rings. The first-order valence-corrected chi connectivity index (χ1v) is 5.58. The van der Waals surface area contributed by atoms with Crippen molar-refractivity contribution >= 4 is 11.7 Å². The molecule has 1 N–H and O–H groups in total. The van der Waals surface area contributed by atoms with Crippen LogP contribution in [0, 0.1) is 6.92 Å². The van der Waals surface area contributed by atoms with E-state index in [9.17, 15) is 9.59 Å². The van der Waals surface area contributed by atoms with Crippen LogP contribution in [0.2, 0.25) is 0 Å². The zero-order valence-corrected chi connectivity index (χ0v) is 9.97. The molecule has 1 aromatic heterocycles. The predicted octanol–water partition coefficient (Wildman–Crippen LogP) is 2.20. The van der Waals surface area contributed by atoms with Crippen molar-refractivity contribution in [2.45, 2.75) is 6.92 Å². The van der Waals surface area contributed by atoms with Crippen LogP contribution in [0.5, 0.6) is 0 Å². The van der Waals surface area contributed by atoms with Crippen LogP contribution in [0.4, 0.5) is 0 Å². The number of nitrogens with one attached hydrogen (secondary N) is 1. The summed E-state index contributed by atoms with van der Waals surface area (Å²) >= 11 is 0. The molecule has 1 amide bonds. The lowest BCUT2D eigenvalue weighted by atomic mass is 10.1. The minimum Gasteiger partial charge on any atom is -0.461 e. The third-order valence-corrected chi connectivity index (χ3v) is 2.52. The Bertz CT molecular complexity index is 541. The van der Waals surface area contributed by atoms with E-state index in [4.69, 9.17) is 4.42 Å². The van der Waals surface area contributed by atoms with Gasteiger partial charge < -0.3 is 9.73 Å². The molecule has 0 radical (unpaired) electrons. The summed E-state index contributed by atoms with van der Waals surface area (Å²) in [7, 11) is 0. The van der Waals surface area contributed by atoms with E-state index in [1.807, 2.05) is 19.1 Å². The van der Waals surface area contributed by atoms with Gasteiger partial charge in [0.05, 0.1) is 12.8 Å². The maximum Gasteiger partial charge on any atom is 0.251 e. The Labute approximate surface area is 105 Å². The van der Waals surface area contributed by atoms with E-state index < -0.39 is 0 Å². The molecule has 0 atom stereocenters. The van der Waals surface area contributed by atoms with Crippen molar-refractivity contribution in [2.24, 2.45) is 0 Å². The number of furan rings is 1. The number of hydrogen-bond acceptors (Lipinski definition) is 3. The lowest BCUT2D eigenvalue weighted by Gasteiger charge is -2.03. The van der Waals surface area contributed by atoms with E-state index in [0.29, 0.717) is 5.56 Å². The summed E-state index contributed by atoms with van der Waals surface area (Å²) in [5.74, 6) is -0.269. The van der Waals surface area contributed by atoms with Gasteiger partial charge in [-0.2, -0.15) is 0 Å². The minimum atomic E-state index is -0.269. The highest BCUT2D eigenvalue weighted by molar-refractivity contribution is 6.00. The molecule has 0 fully saturated rings. The fourth-order valence-electron chi connectivity index (χ4n) is 1.49. The monoisotopic (exact) mass is 243 g/mol. The lowest BCUT2D eigenvalue weighted by molar-refractivity contribution is 0.0892. The van der Waals surface area contributed by atoms with Crippen molar-refractivity contribution in [1.82, 2.24) is 5.32 Å². The molecule has 2 rings (SSSR count). The molecule has 1 heterocycles. The SMILES string of the molecule is Cc1ccc(C(=O)NCC(=O)c2ccco2)cc1. The highest BCUT2D eigenvalue weighted by atomic mass is 16.3. The topological polar surface area (TPSA) is 59.3 Å². The second-order valence-electron chi connectivity index (χ2n) is 3.95. The second kappa shape index (κ2) is 5.31.